The Kier molecular flexibility index (Phi) is 5.92. The standard InChI is InChI=1S/C21H26N4OS/c26-20(24-17-8-4-5-9-17)16-7-6-14-25(15-16)19-21(23-13-12-22-19)27-18-10-2-1-3-11-18/h1-3,10-13,16-17H,4-9,14-15H2,(H,24,26)/t16-/m1/s1. The minimum atomic E-state index is 0.0379. The van der Waals surface area contributed by atoms with Gasteiger partial charge in [-0.3, -0.25) is 4.79 Å². The van der Waals surface area contributed by atoms with Crippen LogP contribution in [0.15, 0.2) is 52.6 Å². The van der Waals surface area contributed by atoms with Crippen molar-refractivity contribution in [1.29, 1.82) is 0 Å². The topological polar surface area (TPSA) is 58.1 Å². The molecule has 1 aliphatic heterocycles. The summed E-state index contributed by atoms with van der Waals surface area (Å²) >= 11 is 1.63. The normalized spacial score (nSPS) is 20.6. The zero-order valence-corrected chi connectivity index (χ0v) is 16.3. The summed E-state index contributed by atoms with van der Waals surface area (Å²) in [7, 11) is 0. The molecule has 27 heavy (non-hydrogen) atoms. The van der Waals surface area contributed by atoms with Gasteiger partial charge in [0.25, 0.3) is 0 Å². The van der Waals surface area contributed by atoms with Crippen LogP contribution < -0.4 is 10.2 Å². The molecule has 142 valence electrons. The van der Waals surface area contributed by atoms with Crippen LogP contribution in [0.2, 0.25) is 0 Å². The number of anilines is 1. The van der Waals surface area contributed by atoms with Crippen molar-refractivity contribution in [2.24, 2.45) is 5.92 Å². The predicted octanol–water partition coefficient (Wildman–Crippen LogP) is 3.90. The highest BCUT2D eigenvalue weighted by atomic mass is 32.2. The van der Waals surface area contributed by atoms with Crippen LogP contribution in [0.5, 0.6) is 0 Å². The Morgan fingerprint density at radius 3 is 2.63 bits per heavy atom. The molecule has 6 heteroatoms. The highest BCUT2D eigenvalue weighted by molar-refractivity contribution is 7.99. The summed E-state index contributed by atoms with van der Waals surface area (Å²) in [6.45, 7) is 1.65. The van der Waals surface area contributed by atoms with E-state index < -0.39 is 0 Å². The Hall–Kier alpha value is -2.08. The van der Waals surface area contributed by atoms with E-state index in [0.29, 0.717) is 6.04 Å². The van der Waals surface area contributed by atoms with Crippen molar-refractivity contribution in [1.82, 2.24) is 15.3 Å². The summed E-state index contributed by atoms with van der Waals surface area (Å²) in [4.78, 5) is 25.3. The number of rotatable bonds is 5. The molecule has 1 N–H and O–H groups in total. The number of piperidine rings is 1. The van der Waals surface area contributed by atoms with Crippen LogP contribution in [0.3, 0.4) is 0 Å². The molecule has 0 bridgehead atoms. The minimum Gasteiger partial charge on any atom is -0.354 e. The van der Waals surface area contributed by atoms with Gasteiger partial charge < -0.3 is 10.2 Å². The lowest BCUT2D eigenvalue weighted by atomic mass is 9.96. The number of nitrogens with one attached hydrogen (secondary N) is 1. The molecule has 5 nitrogen and oxygen atoms in total. The van der Waals surface area contributed by atoms with Crippen molar-refractivity contribution < 1.29 is 4.79 Å². The van der Waals surface area contributed by atoms with Crippen molar-refractivity contribution in [3.8, 4) is 0 Å². The predicted molar refractivity (Wildman–Crippen MR) is 108 cm³/mol. The highest BCUT2D eigenvalue weighted by Gasteiger charge is 2.29. The van der Waals surface area contributed by atoms with Crippen molar-refractivity contribution in [2.75, 3.05) is 18.0 Å². The molecule has 0 unspecified atom stereocenters. The van der Waals surface area contributed by atoms with E-state index in [1.165, 1.54) is 12.8 Å². The zero-order valence-electron chi connectivity index (χ0n) is 15.5. The molecular formula is C21H26N4OS. The zero-order chi connectivity index (χ0) is 18.5. The third kappa shape index (κ3) is 4.61. The van der Waals surface area contributed by atoms with Gasteiger partial charge in [-0.15, -0.1) is 0 Å². The second kappa shape index (κ2) is 8.74. The van der Waals surface area contributed by atoms with Gasteiger partial charge in [0.15, 0.2) is 5.82 Å². The number of benzene rings is 1. The number of carbonyl (C=O) groups excluding carboxylic acids is 1. The molecule has 2 aromatic rings. The Balaban J connectivity index is 1.45. The van der Waals surface area contributed by atoms with Crippen LogP contribution in [0, 0.1) is 5.92 Å². The number of nitrogens with zero attached hydrogens (tertiary/aromatic N) is 3. The molecule has 1 saturated carbocycles. The molecule has 1 aromatic heterocycles. The third-order valence-electron chi connectivity index (χ3n) is 5.40. The fourth-order valence-corrected chi connectivity index (χ4v) is 4.88. The van der Waals surface area contributed by atoms with E-state index in [1.54, 1.807) is 24.2 Å². The number of amides is 1. The first-order chi connectivity index (χ1) is 13.3. The molecule has 2 fully saturated rings. The molecule has 1 atom stereocenters. The maximum atomic E-state index is 12.7. The number of aromatic nitrogens is 2. The molecule has 0 spiro atoms. The second-order valence-electron chi connectivity index (χ2n) is 7.38. The molecule has 1 aliphatic carbocycles. The van der Waals surface area contributed by atoms with Gasteiger partial charge in [0.2, 0.25) is 5.91 Å². The van der Waals surface area contributed by atoms with Gasteiger partial charge >= 0.3 is 0 Å². The van der Waals surface area contributed by atoms with Gasteiger partial charge in [-0.05, 0) is 37.8 Å². The van der Waals surface area contributed by atoms with Crippen LogP contribution in [0.1, 0.15) is 38.5 Å². The maximum Gasteiger partial charge on any atom is 0.225 e. The molecule has 1 amide bonds. The average Bonchev–Trinajstić information content (AvgIpc) is 3.22. The number of hydrogen-bond donors (Lipinski definition) is 1. The minimum absolute atomic E-state index is 0.0379. The maximum absolute atomic E-state index is 12.7. The van der Waals surface area contributed by atoms with Crippen LogP contribution in [-0.2, 0) is 4.79 Å². The Morgan fingerprint density at radius 1 is 1.04 bits per heavy atom. The fraction of sp³-hybridized carbons (Fsp3) is 0.476. The largest absolute Gasteiger partial charge is 0.354 e. The smallest absolute Gasteiger partial charge is 0.225 e. The monoisotopic (exact) mass is 382 g/mol. The molecule has 0 radical (unpaired) electrons. The lowest BCUT2D eigenvalue weighted by Crippen LogP contribution is -2.45. The first-order valence-electron chi connectivity index (χ1n) is 9.89. The van der Waals surface area contributed by atoms with E-state index >= 15 is 0 Å². The lowest BCUT2D eigenvalue weighted by molar-refractivity contribution is -0.125. The molecule has 1 aromatic carbocycles. The first kappa shape index (κ1) is 18.3. The van der Waals surface area contributed by atoms with Gasteiger partial charge in [0, 0.05) is 36.4 Å². The van der Waals surface area contributed by atoms with Crippen LogP contribution in [0.25, 0.3) is 0 Å². The lowest BCUT2D eigenvalue weighted by Gasteiger charge is -2.34. The van der Waals surface area contributed by atoms with Gasteiger partial charge in [-0.2, -0.15) is 0 Å². The van der Waals surface area contributed by atoms with E-state index in [4.69, 9.17) is 0 Å². The van der Waals surface area contributed by atoms with Gasteiger partial charge in [0.1, 0.15) is 5.03 Å². The average molecular weight is 383 g/mol. The van der Waals surface area contributed by atoms with E-state index in [0.717, 1.165) is 54.5 Å². The first-order valence-corrected chi connectivity index (χ1v) is 10.7. The second-order valence-corrected chi connectivity index (χ2v) is 8.44. The van der Waals surface area contributed by atoms with Crippen molar-refractivity contribution in [3.63, 3.8) is 0 Å². The van der Waals surface area contributed by atoms with E-state index in [1.807, 2.05) is 18.2 Å². The van der Waals surface area contributed by atoms with E-state index in [9.17, 15) is 4.79 Å². The van der Waals surface area contributed by atoms with E-state index in [2.05, 4.69) is 32.3 Å². The molecule has 2 heterocycles. The third-order valence-corrected chi connectivity index (χ3v) is 6.39. The molecule has 4 rings (SSSR count). The van der Waals surface area contributed by atoms with Gasteiger partial charge in [-0.1, -0.05) is 42.8 Å². The Labute approximate surface area is 165 Å². The van der Waals surface area contributed by atoms with E-state index in [-0.39, 0.29) is 11.8 Å². The van der Waals surface area contributed by atoms with Gasteiger partial charge in [0.05, 0.1) is 5.92 Å². The summed E-state index contributed by atoms with van der Waals surface area (Å²) < 4.78 is 0. The molecular weight excluding hydrogens is 356 g/mol. The molecule has 1 saturated heterocycles. The fourth-order valence-electron chi connectivity index (χ4n) is 3.98. The Bertz CT molecular complexity index is 764. The summed E-state index contributed by atoms with van der Waals surface area (Å²) in [5, 5.41) is 4.17. The van der Waals surface area contributed by atoms with Gasteiger partial charge in [-0.25, -0.2) is 9.97 Å². The number of hydrogen-bond acceptors (Lipinski definition) is 5. The molecule has 2 aliphatic rings. The van der Waals surface area contributed by atoms with Crippen LogP contribution >= 0.6 is 11.8 Å². The quantitative estimate of drug-likeness (QED) is 0.850. The van der Waals surface area contributed by atoms with Crippen LogP contribution in [0.4, 0.5) is 5.82 Å². The van der Waals surface area contributed by atoms with Crippen LogP contribution in [-0.4, -0.2) is 35.0 Å². The van der Waals surface area contributed by atoms with Crippen molar-refractivity contribution >= 4 is 23.5 Å². The Morgan fingerprint density at radius 2 is 1.81 bits per heavy atom. The highest BCUT2D eigenvalue weighted by Crippen LogP contribution is 2.34. The van der Waals surface area contributed by atoms with Crippen molar-refractivity contribution in [3.05, 3.63) is 42.7 Å². The summed E-state index contributed by atoms with van der Waals surface area (Å²) in [5.41, 5.74) is 0. The van der Waals surface area contributed by atoms with Crippen molar-refractivity contribution in [2.45, 2.75) is 54.5 Å². The number of carbonyl (C=O) groups is 1. The summed E-state index contributed by atoms with van der Waals surface area (Å²) in [6.07, 6.45) is 10.2. The summed E-state index contributed by atoms with van der Waals surface area (Å²) in [6, 6.07) is 10.6. The summed E-state index contributed by atoms with van der Waals surface area (Å²) in [5.74, 6) is 1.15. The SMILES string of the molecule is O=C(NC1CCCC1)[C@@H]1CCCN(c2nccnc2Sc2ccccc2)C1.